The normalized spacial score (nSPS) is 9.88. The van der Waals surface area contributed by atoms with Crippen LogP contribution in [0.2, 0.25) is 0 Å². The molecule has 0 aliphatic heterocycles. The van der Waals surface area contributed by atoms with Crippen molar-refractivity contribution in [3.63, 3.8) is 0 Å². The molecule has 92 valence electrons. The maximum absolute atomic E-state index is 11.0. The predicted octanol–water partition coefficient (Wildman–Crippen LogP) is 3.35. The highest BCUT2D eigenvalue weighted by Gasteiger charge is 2.19. The van der Waals surface area contributed by atoms with Crippen LogP contribution in [0.25, 0.3) is 0 Å². The molecule has 4 nitrogen and oxygen atoms in total. The molecule has 0 amide bonds. The molecule has 0 aliphatic carbocycles. The van der Waals surface area contributed by atoms with E-state index in [0.717, 1.165) is 0 Å². The van der Waals surface area contributed by atoms with E-state index in [-0.39, 0.29) is 11.3 Å². The predicted molar refractivity (Wildman–Crippen MR) is 69.7 cm³/mol. The third-order valence-electron chi connectivity index (χ3n) is 1.84. The summed E-state index contributed by atoms with van der Waals surface area (Å²) in [7, 11) is 0. The number of carbonyl (C=O) groups excluding carboxylic acids is 2. The minimum Gasteiger partial charge on any atom is -0.490 e. The Hall–Kier alpha value is -0.880. The first-order valence-electron chi connectivity index (χ1n) is 4.79. The second kappa shape index (κ2) is 6.16. The zero-order valence-electron chi connectivity index (χ0n) is 9.25. The third kappa shape index (κ3) is 3.29. The summed E-state index contributed by atoms with van der Waals surface area (Å²) < 4.78 is 11.5. The summed E-state index contributed by atoms with van der Waals surface area (Å²) in [5.41, 5.74) is 0.234. The van der Waals surface area contributed by atoms with Gasteiger partial charge in [-0.2, -0.15) is 0 Å². The van der Waals surface area contributed by atoms with Crippen LogP contribution in [0.1, 0.15) is 24.2 Å². The van der Waals surface area contributed by atoms with E-state index < -0.39 is 5.97 Å². The lowest BCUT2D eigenvalue weighted by molar-refractivity contribution is -0.132. The topological polar surface area (TPSA) is 52.6 Å². The summed E-state index contributed by atoms with van der Waals surface area (Å²) in [6.45, 7) is 3.47. The van der Waals surface area contributed by atoms with Crippen molar-refractivity contribution in [2.45, 2.75) is 13.8 Å². The molecule has 0 aromatic heterocycles. The highest BCUT2D eigenvalue weighted by Crippen LogP contribution is 2.40. The Bertz CT molecular complexity index is 457. The Balaban J connectivity index is 3.42. The van der Waals surface area contributed by atoms with Crippen LogP contribution >= 0.6 is 31.9 Å². The highest BCUT2D eigenvalue weighted by atomic mass is 79.9. The fourth-order valence-electron chi connectivity index (χ4n) is 1.22. The molecule has 1 aromatic carbocycles. The number of hydrogen-bond donors (Lipinski definition) is 0. The van der Waals surface area contributed by atoms with E-state index in [1.54, 1.807) is 13.0 Å². The van der Waals surface area contributed by atoms with Gasteiger partial charge in [0, 0.05) is 15.9 Å². The third-order valence-corrected chi connectivity index (χ3v) is 3.85. The molecule has 0 saturated carbocycles. The van der Waals surface area contributed by atoms with Gasteiger partial charge < -0.3 is 9.47 Å². The summed E-state index contributed by atoms with van der Waals surface area (Å²) in [4.78, 5) is 22.1. The van der Waals surface area contributed by atoms with Gasteiger partial charge in [-0.25, -0.2) is 0 Å². The molecule has 0 aliphatic rings. The number of rotatable bonds is 4. The van der Waals surface area contributed by atoms with Crippen LogP contribution in [-0.2, 0) is 4.79 Å². The largest absolute Gasteiger partial charge is 0.490 e. The Morgan fingerprint density at radius 1 is 1.47 bits per heavy atom. The van der Waals surface area contributed by atoms with Crippen LogP contribution in [0.15, 0.2) is 15.0 Å². The molecule has 0 unspecified atom stereocenters. The maximum Gasteiger partial charge on any atom is 0.308 e. The lowest BCUT2D eigenvalue weighted by atomic mass is 10.2. The van der Waals surface area contributed by atoms with Gasteiger partial charge in [0.2, 0.25) is 0 Å². The number of benzene rings is 1. The summed E-state index contributed by atoms with van der Waals surface area (Å²) in [6.07, 6.45) is 0.607. The Kier molecular flexibility index (Phi) is 5.14. The van der Waals surface area contributed by atoms with Gasteiger partial charge in [-0.3, -0.25) is 9.59 Å². The van der Waals surface area contributed by atoms with Crippen LogP contribution in [0, 0.1) is 0 Å². The fraction of sp³-hybridized carbons (Fsp3) is 0.273. The molecule has 17 heavy (non-hydrogen) atoms. The van der Waals surface area contributed by atoms with E-state index in [9.17, 15) is 9.59 Å². The molecule has 0 N–H and O–H groups in total. The van der Waals surface area contributed by atoms with Gasteiger partial charge >= 0.3 is 5.97 Å². The number of esters is 1. The number of hydrogen-bond acceptors (Lipinski definition) is 4. The molecule has 0 heterocycles. The minimum atomic E-state index is -0.511. The first-order valence-corrected chi connectivity index (χ1v) is 6.38. The zero-order valence-corrected chi connectivity index (χ0v) is 12.4. The Labute approximate surface area is 116 Å². The Morgan fingerprint density at radius 3 is 2.59 bits per heavy atom. The van der Waals surface area contributed by atoms with Crippen molar-refractivity contribution in [2.75, 3.05) is 6.61 Å². The minimum absolute atomic E-state index is 0.129. The van der Waals surface area contributed by atoms with Crippen LogP contribution in [0.4, 0.5) is 0 Å². The highest BCUT2D eigenvalue weighted by molar-refractivity contribution is 9.13. The van der Waals surface area contributed by atoms with Gasteiger partial charge in [0.25, 0.3) is 0 Å². The molecule has 0 bridgehead atoms. The van der Waals surface area contributed by atoms with Gasteiger partial charge in [0.1, 0.15) is 0 Å². The average molecular weight is 366 g/mol. The molecular weight excluding hydrogens is 356 g/mol. The van der Waals surface area contributed by atoms with E-state index in [1.807, 2.05) is 0 Å². The first-order chi connectivity index (χ1) is 8.01. The van der Waals surface area contributed by atoms with Crippen molar-refractivity contribution < 1.29 is 19.1 Å². The molecule has 6 heteroatoms. The molecule has 0 radical (unpaired) electrons. The van der Waals surface area contributed by atoms with Crippen molar-refractivity contribution in [3.8, 4) is 11.5 Å². The average Bonchev–Trinajstić information content (AvgIpc) is 2.25. The van der Waals surface area contributed by atoms with Gasteiger partial charge in [0.05, 0.1) is 12.2 Å². The standard InChI is InChI=1S/C11H10Br2O4/c1-3-16-9-4-8(12)10(13)7(5-14)11(9)17-6(2)15/h4-5H,3H2,1-2H3. The molecule has 0 saturated heterocycles. The Morgan fingerprint density at radius 2 is 2.12 bits per heavy atom. The second-order valence-corrected chi connectivity index (χ2v) is 4.71. The molecule has 0 atom stereocenters. The van der Waals surface area contributed by atoms with Gasteiger partial charge in [-0.15, -0.1) is 0 Å². The zero-order chi connectivity index (χ0) is 13.0. The SMILES string of the molecule is CCOc1cc(Br)c(Br)c(C=O)c1OC(C)=O. The molecule has 1 aromatic rings. The van der Waals surface area contributed by atoms with E-state index >= 15 is 0 Å². The van der Waals surface area contributed by atoms with Gasteiger partial charge in [-0.1, -0.05) is 0 Å². The van der Waals surface area contributed by atoms with Crippen LogP contribution in [0.3, 0.4) is 0 Å². The maximum atomic E-state index is 11.0. The van der Waals surface area contributed by atoms with Gasteiger partial charge in [0.15, 0.2) is 17.8 Å². The van der Waals surface area contributed by atoms with Crippen LogP contribution < -0.4 is 9.47 Å². The van der Waals surface area contributed by atoms with Crippen molar-refractivity contribution in [1.82, 2.24) is 0 Å². The van der Waals surface area contributed by atoms with Crippen LogP contribution in [-0.4, -0.2) is 18.9 Å². The summed E-state index contributed by atoms with van der Waals surface area (Å²) in [5.74, 6) is -0.0347. The molecule has 1 rings (SSSR count). The summed E-state index contributed by atoms with van der Waals surface area (Å²) in [5, 5.41) is 0. The lowest BCUT2D eigenvalue weighted by Crippen LogP contribution is -2.07. The van der Waals surface area contributed by atoms with E-state index in [0.29, 0.717) is 27.6 Å². The monoisotopic (exact) mass is 364 g/mol. The molecular formula is C11H10Br2O4. The van der Waals surface area contributed by atoms with Crippen molar-refractivity contribution >= 4 is 44.1 Å². The number of halogens is 2. The quantitative estimate of drug-likeness (QED) is 0.466. The summed E-state index contributed by atoms with van der Waals surface area (Å²) in [6, 6.07) is 1.64. The smallest absolute Gasteiger partial charge is 0.308 e. The van der Waals surface area contributed by atoms with E-state index in [2.05, 4.69) is 31.9 Å². The number of carbonyl (C=O) groups is 2. The first kappa shape index (κ1) is 14.2. The second-order valence-electron chi connectivity index (χ2n) is 3.06. The molecule has 0 fully saturated rings. The number of aldehydes is 1. The van der Waals surface area contributed by atoms with Gasteiger partial charge in [-0.05, 0) is 44.8 Å². The van der Waals surface area contributed by atoms with Crippen molar-refractivity contribution in [2.24, 2.45) is 0 Å². The molecule has 0 spiro atoms. The van der Waals surface area contributed by atoms with Crippen molar-refractivity contribution in [1.29, 1.82) is 0 Å². The van der Waals surface area contributed by atoms with E-state index in [1.165, 1.54) is 6.92 Å². The fourth-order valence-corrected chi connectivity index (χ4v) is 2.03. The van der Waals surface area contributed by atoms with Crippen LogP contribution in [0.5, 0.6) is 11.5 Å². The summed E-state index contributed by atoms with van der Waals surface area (Å²) >= 11 is 6.52. The lowest BCUT2D eigenvalue weighted by Gasteiger charge is -2.13. The van der Waals surface area contributed by atoms with Crippen molar-refractivity contribution in [3.05, 3.63) is 20.6 Å². The number of ether oxygens (including phenoxy) is 2. The van der Waals surface area contributed by atoms with E-state index in [4.69, 9.17) is 9.47 Å².